The number of anilines is 1. The number of hydrogen-bond acceptors (Lipinski definition) is 4. The number of hydrogen-bond donors (Lipinski definition) is 1. The Bertz CT molecular complexity index is 583. The van der Waals surface area contributed by atoms with Gasteiger partial charge in [-0.05, 0) is 41.3 Å². The predicted molar refractivity (Wildman–Crippen MR) is 69.4 cm³/mol. The fourth-order valence-electron chi connectivity index (χ4n) is 2.12. The monoisotopic (exact) mass is 290 g/mol. The second-order valence-electron chi connectivity index (χ2n) is 4.10. The van der Waals surface area contributed by atoms with Crippen LogP contribution in [-0.2, 0) is 12.8 Å². The molecule has 1 aliphatic rings. The van der Waals surface area contributed by atoms with Crippen LogP contribution in [0.5, 0.6) is 0 Å². The number of halogens is 1. The third kappa shape index (κ3) is 1.91. The predicted octanol–water partition coefficient (Wildman–Crippen LogP) is 2.37. The molecule has 0 fully saturated rings. The maximum atomic E-state index is 5.96. The van der Waals surface area contributed by atoms with Gasteiger partial charge in [0.15, 0.2) is 5.82 Å². The third-order valence-electron chi connectivity index (χ3n) is 2.93. The summed E-state index contributed by atoms with van der Waals surface area (Å²) in [5, 5.41) is 0. The highest BCUT2D eigenvalue weighted by atomic mass is 79.9. The van der Waals surface area contributed by atoms with E-state index in [0.717, 1.165) is 40.6 Å². The summed E-state index contributed by atoms with van der Waals surface area (Å²) < 4.78 is 0.915. The fraction of sp³-hybridized carbons (Fsp3) is 0.250. The van der Waals surface area contributed by atoms with E-state index in [1.165, 1.54) is 0 Å². The molecule has 0 spiro atoms. The molecule has 0 saturated carbocycles. The van der Waals surface area contributed by atoms with Crippen molar-refractivity contribution < 1.29 is 0 Å². The van der Waals surface area contributed by atoms with Crippen molar-refractivity contribution in [1.82, 2.24) is 15.0 Å². The topological polar surface area (TPSA) is 64.7 Å². The van der Waals surface area contributed by atoms with Crippen LogP contribution in [0.1, 0.15) is 17.7 Å². The molecule has 5 heteroatoms. The van der Waals surface area contributed by atoms with Gasteiger partial charge in [0.25, 0.3) is 0 Å². The van der Waals surface area contributed by atoms with E-state index in [-0.39, 0.29) is 0 Å². The van der Waals surface area contributed by atoms with Gasteiger partial charge in [-0.2, -0.15) is 0 Å². The number of pyridine rings is 1. The van der Waals surface area contributed by atoms with Gasteiger partial charge in [0.05, 0.1) is 0 Å². The normalized spacial score (nSPS) is 13.7. The van der Waals surface area contributed by atoms with Gasteiger partial charge in [0.2, 0.25) is 0 Å². The van der Waals surface area contributed by atoms with E-state index in [0.29, 0.717) is 11.6 Å². The first kappa shape index (κ1) is 10.7. The lowest BCUT2D eigenvalue weighted by molar-refractivity contribution is 0.900. The van der Waals surface area contributed by atoms with E-state index in [1.54, 1.807) is 12.4 Å². The Morgan fingerprint density at radius 2 is 2.06 bits per heavy atom. The van der Waals surface area contributed by atoms with Crippen molar-refractivity contribution in [1.29, 1.82) is 0 Å². The van der Waals surface area contributed by atoms with Gasteiger partial charge >= 0.3 is 0 Å². The average Bonchev–Trinajstić information content (AvgIpc) is 2.77. The smallest absolute Gasteiger partial charge is 0.163 e. The molecule has 3 rings (SSSR count). The number of fused-ring (bicyclic) bond motifs is 1. The molecule has 4 nitrogen and oxygen atoms in total. The van der Waals surface area contributed by atoms with Gasteiger partial charge in [0.1, 0.15) is 5.82 Å². The number of aromatic nitrogens is 3. The highest BCUT2D eigenvalue weighted by Crippen LogP contribution is 2.27. The third-order valence-corrected chi connectivity index (χ3v) is 3.36. The number of nitrogen functional groups attached to an aromatic ring is 1. The minimum Gasteiger partial charge on any atom is -0.383 e. The summed E-state index contributed by atoms with van der Waals surface area (Å²) in [6.45, 7) is 0. The summed E-state index contributed by atoms with van der Waals surface area (Å²) in [5.41, 5.74) is 9.07. The maximum absolute atomic E-state index is 5.96. The van der Waals surface area contributed by atoms with E-state index >= 15 is 0 Å². The van der Waals surface area contributed by atoms with Crippen LogP contribution in [0.3, 0.4) is 0 Å². The summed E-state index contributed by atoms with van der Waals surface area (Å²) in [6, 6.07) is 1.95. The summed E-state index contributed by atoms with van der Waals surface area (Å²) in [5.74, 6) is 1.28. The van der Waals surface area contributed by atoms with Crippen LogP contribution in [0.4, 0.5) is 5.82 Å². The molecule has 2 aromatic rings. The molecule has 0 radical (unpaired) electrons. The number of rotatable bonds is 1. The zero-order valence-electron chi connectivity index (χ0n) is 9.15. The molecule has 0 saturated heterocycles. The van der Waals surface area contributed by atoms with E-state index in [4.69, 9.17) is 5.73 Å². The fourth-order valence-corrected chi connectivity index (χ4v) is 2.49. The van der Waals surface area contributed by atoms with Gasteiger partial charge in [-0.25, -0.2) is 9.97 Å². The molecule has 86 valence electrons. The molecule has 0 aliphatic heterocycles. The zero-order chi connectivity index (χ0) is 11.8. The average molecular weight is 291 g/mol. The lowest BCUT2D eigenvalue weighted by atomic mass is 10.2. The van der Waals surface area contributed by atoms with Crippen molar-refractivity contribution in [2.45, 2.75) is 19.3 Å². The lowest BCUT2D eigenvalue weighted by Gasteiger charge is -2.06. The summed E-state index contributed by atoms with van der Waals surface area (Å²) in [7, 11) is 0. The van der Waals surface area contributed by atoms with Crippen LogP contribution in [0.25, 0.3) is 11.4 Å². The standard InChI is InChI=1S/C12H11BrN4/c13-8-4-7(5-15-6-8)12-16-10-3-1-2-9(10)11(14)17-12/h4-6H,1-3H2,(H2,14,16,17). The van der Waals surface area contributed by atoms with Gasteiger partial charge in [-0.3, -0.25) is 4.98 Å². The van der Waals surface area contributed by atoms with E-state index in [1.807, 2.05) is 6.07 Å². The Balaban J connectivity index is 2.13. The largest absolute Gasteiger partial charge is 0.383 e. The summed E-state index contributed by atoms with van der Waals surface area (Å²) in [4.78, 5) is 13.1. The Morgan fingerprint density at radius 3 is 2.88 bits per heavy atom. The molecule has 0 unspecified atom stereocenters. The number of nitrogens with two attached hydrogens (primary N) is 1. The van der Waals surface area contributed by atoms with Crippen molar-refractivity contribution >= 4 is 21.7 Å². The number of nitrogens with zero attached hydrogens (tertiary/aromatic N) is 3. The van der Waals surface area contributed by atoms with Crippen molar-refractivity contribution in [2.75, 3.05) is 5.73 Å². The first-order valence-electron chi connectivity index (χ1n) is 5.50. The molecule has 0 amide bonds. The molecule has 2 N–H and O–H groups in total. The van der Waals surface area contributed by atoms with Crippen molar-refractivity contribution in [3.63, 3.8) is 0 Å². The van der Waals surface area contributed by atoms with Gasteiger partial charge < -0.3 is 5.73 Å². The Labute approximate surface area is 107 Å². The molecule has 0 atom stereocenters. The molecule has 1 aliphatic carbocycles. The second kappa shape index (κ2) is 4.07. The van der Waals surface area contributed by atoms with E-state index in [9.17, 15) is 0 Å². The van der Waals surface area contributed by atoms with Crippen molar-refractivity contribution in [3.8, 4) is 11.4 Å². The molecule has 17 heavy (non-hydrogen) atoms. The first-order valence-corrected chi connectivity index (χ1v) is 6.29. The minimum absolute atomic E-state index is 0.613. The summed E-state index contributed by atoms with van der Waals surface area (Å²) >= 11 is 3.39. The van der Waals surface area contributed by atoms with Crippen LogP contribution in [0, 0.1) is 0 Å². The SMILES string of the molecule is Nc1nc(-c2cncc(Br)c2)nc2c1CCC2. The van der Waals surface area contributed by atoms with Crippen molar-refractivity contribution in [2.24, 2.45) is 0 Å². The first-order chi connectivity index (χ1) is 8.24. The van der Waals surface area contributed by atoms with Gasteiger partial charge in [-0.1, -0.05) is 0 Å². The molecule has 0 aromatic carbocycles. The highest BCUT2D eigenvalue weighted by molar-refractivity contribution is 9.10. The van der Waals surface area contributed by atoms with Crippen LogP contribution in [0.2, 0.25) is 0 Å². The van der Waals surface area contributed by atoms with Gasteiger partial charge in [0, 0.05) is 33.7 Å². The molecule has 2 aromatic heterocycles. The quantitative estimate of drug-likeness (QED) is 0.876. The highest BCUT2D eigenvalue weighted by Gasteiger charge is 2.18. The molecule has 2 heterocycles. The summed E-state index contributed by atoms with van der Waals surface area (Å²) in [6.07, 6.45) is 6.60. The van der Waals surface area contributed by atoms with E-state index in [2.05, 4.69) is 30.9 Å². The maximum Gasteiger partial charge on any atom is 0.163 e. The lowest BCUT2D eigenvalue weighted by Crippen LogP contribution is -2.02. The molecular formula is C12H11BrN4. The van der Waals surface area contributed by atoms with Gasteiger partial charge in [-0.15, -0.1) is 0 Å². The van der Waals surface area contributed by atoms with Crippen LogP contribution in [-0.4, -0.2) is 15.0 Å². The Morgan fingerprint density at radius 1 is 1.18 bits per heavy atom. The van der Waals surface area contributed by atoms with Crippen molar-refractivity contribution in [3.05, 3.63) is 34.2 Å². The molecule has 0 bridgehead atoms. The zero-order valence-corrected chi connectivity index (χ0v) is 10.7. The Hall–Kier alpha value is -1.49. The van der Waals surface area contributed by atoms with Crippen LogP contribution < -0.4 is 5.73 Å². The molecular weight excluding hydrogens is 280 g/mol. The van der Waals surface area contributed by atoms with Crippen LogP contribution in [0.15, 0.2) is 22.9 Å². The minimum atomic E-state index is 0.613. The number of aryl methyl sites for hydroxylation is 1. The Kier molecular flexibility index (Phi) is 2.55. The van der Waals surface area contributed by atoms with Crippen LogP contribution >= 0.6 is 15.9 Å². The second-order valence-corrected chi connectivity index (χ2v) is 5.02. The van der Waals surface area contributed by atoms with E-state index < -0.39 is 0 Å².